The molecule has 1 aliphatic carbocycles. The van der Waals surface area contributed by atoms with Crippen LogP contribution >= 0.6 is 0 Å². The lowest BCUT2D eigenvalue weighted by Gasteiger charge is -2.46. The van der Waals surface area contributed by atoms with E-state index in [1.54, 1.807) is 0 Å². The quantitative estimate of drug-likeness (QED) is 0.466. The standard InChI is InChI=1S/C28H33NO2Si/c1-5-12-26-25-19-21(17-18-24(25)27(20-29)30-26)31-32(28(2,3)4,22-13-8-6-9-14-22)23-15-10-7-11-16-23/h5-11,13-18,21,24-27H,1,12,19H2,2-4H3/t21-,24-,25+,26-,27-/m1/s1. The van der Waals surface area contributed by atoms with E-state index in [1.165, 1.54) is 10.4 Å². The highest BCUT2D eigenvalue weighted by Gasteiger charge is 2.53. The fourth-order valence-electron chi connectivity index (χ4n) is 5.52. The molecule has 0 bridgehead atoms. The highest BCUT2D eigenvalue weighted by molar-refractivity contribution is 6.99. The zero-order chi connectivity index (χ0) is 22.8. The Bertz CT molecular complexity index is 950. The van der Waals surface area contributed by atoms with Gasteiger partial charge in [0.05, 0.1) is 18.3 Å². The lowest BCUT2D eigenvalue weighted by atomic mass is 9.78. The van der Waals surface area contributed by atoms with Crippen molar-refractivity contribution >= 4 is 18.7 Å². The van der Waals surface area contributed by atoms with Gasteiger partial charge in [-0.2, -0.15) is 5.26 Å². The van der Waals surface area contributed by atoms with Gasteiger partial charge in [-0.1, -0.05) is 99.7 Å². The largest absolute Gasteiger partial charge is 0.401 e. The summed E-state index contributed by atoms with van der Waals surface area (Å²) >= 11 is 0. The molecule has 1 saturated heterocycles. The van der Waals surface area contributed by atoms with E-state index in [1.807, 2.05) is 6.08 Å². The Morgan fingerprint density at radius 2 is 1.66 bits per heavy atom. The van der Waals surface area contributed by atoms with Crippen LogP contribution in [0.4, 0.5) is 0 Å². The van der Waals surface area contributed by atoms with Gasteiger partial charge in [0.15, 0.2) is 6.10 Å². The van der Waals surface area contributed by atoms with Gasteiger partial charge in [0.2, 0.25) is 0 Å². The van der Waals surface area contributed by atoms with Crippen LogP contribution < -0.4 is 10.4 Å². The van der Waals surface area contributed by atoms with Crippen LogP contribution in [-0.4, -0.2) is 26.6 Å². The molecule has 2 aromatic carbocycles. The van der Waals surface area contributed by atoms with Crippen molar-refractivity contribution < 1.29 is 9.16 Å². The second-order valence-electron chi connectivity index (χ2n) is 9.93. The Morgan fingerprint density at radius 1 is 1.06 bits per heavy atom. The van der Waals surface area contributed by atoms with Gasteiger partial charge in [-0.05, 0) is 34.2 Å². The first-order valence-corrected chi connectivity index (χ1v) is 13.4. The van der Waals surface area contributed by atoms with E-state index >= 15 is 0 Å². The maximum absolute atomic E-state index is 9.59. The van der Waals surface area contributed by atoms with Gasteiger partial charge in [-0.15, -0.1) is 6.58 Å². The van der Waals surface area contributed by atoms with Crippen LogP contribution in [0.5, 0.6) is 0 Å². The second kappa shape index (κ2) is 9.19. The summed E-state index contributed by atoms with van der Waals surface area (Å²) in [4.78, 5) is 0. The molecule has 0 spiro atoms. The van der Waals surface area contributed by atoms with Crippen LogP contribution in [0.3, 0.4) is 0 Å². The number of nitriles is 1. The maximum atomic E-state index is 9.59. The Balaban J connectivity index is 1.75. The molecule has 0 unspecified atom stereocenters. The van der Waals surface area contributed by atoms with Crippen molar-refractivity contribution in [3.8, 4) is 6.07 Å². The van der Waals surface area contributed by atoms with Crippen molar-refractivity contribution in [2.45, 2.75) is 57.0 Å². The van der Waals surface area contributed by atoms with Gasteiger partial charge in [0.25, 0.3) is 8.32 Å². The first-order chi connectivity index (χ1) is 15.4. The van der Waals surface area contributed by atoms with Crippen molar-refractivity contribution in [1.82, 2.24) is 0 Å². The Labute approximate surface area is 193 Å². The van der Waals surface area contributed by atoms with Crippen molar-refractivity contribution in [2.75, 3.05) is 0 Å². The molecular formula is C28H33NO2Si. The number of fused-ring (bicyclic) bond motifs is 1. The van der Waals surface area contributed by atoms with Crippen LogP contribution in [0.1, 0.15) is 33.6 Å². The van der Waals surface area contributed by atoms with E-state index in [0.717, 1.165) is 12.8 Å². The van der Waals surface area contributed by atoms with E-state index in [9.17, 15) is 5.26 Å². The SMILES string of the molecule is C=CC[C@H]1O[C@H](C#N)[C@@H]2C=C[C@@H](O[Si](c3ccccc3)(c3ccccc3)C(C)(C)C)C[C@@H]21. The van der Waals surface area contributed by atoms with Crippen molar-refractivity contribution in [1.29, 1.82) is 5.26 Å². The van der Waals surface area contributed by atoms with Gasteiger partial charge in [-0.25, -0.2) is 0 Å². The van der Waals surface area contributed by atoms with Gasteiger partial charge in [0, 0.05) is 5.92 Å². The molecular weight excluding hydrogens is 410 g/mol. The molecule has 0 N–H and O–H groups in total. The average molecular weight is 444 g/mol. The second-order valence-corrected chi connectivity index (χ2v) is 14.2. The third-order valence-electron chi connectivity index (χ3n) is 6.97. The molecule has 166 valence electrons. The average Bonchev–Trinajstić information content (AvgIpc) is 3.15. The Hall–Kier alpha value is -2.45. The van der Waals surface area contributed by atoms with E-state index in [2.05, 4.69) is 106 Å². The Morgan fingerprint density at radius 3 is 2.16 bits per heavy atom. The van der Waals surface area contributed by atoms with Crippen LogP contribution in [0.25, 0.3) is 0 Å². The predicted octanol–water partition coefficient (Wildman–Crippen LogP) is 4.99. The summed E-state index contributed by atoms with van der Waals surface area (Å²) in [5.74, 6) is 0.398. The third-order valence-corrected chi connectivity index (χ3v) is 12.0. The minimum atomic E-state index is -2.62. The van der Waals surface area contributed by atoms with Gasteiger partial charge >= 0.3 is 0 Å². The summed E-state index contributed by atoms with van der Waals surface area (Å²) in [7, 11) is -2.62. The van der Waals surface area contributed by atoms with E-state index in [-0.39, 0.29) is 35.2 Å². The number of hydrogen-bond donors (Lipinski definition) is 0. The maximum Gasteiger partial charge on any atom is 0.261 e. The molecule has 2 aromatic rings. The molecule has 4 rings (SSSR count). The summed E-state index contributed by atoms with van der Waals surface area (Å²) in [6.45, 7) is 10.8. The number of ether oxygens (including phenoxy) is 1. The summed E-state index contributed by atoms with van der Waals surface area (Å²) in [5.41, 5.74) is 0. The van der Waals surface area contributed by atoms with Crippen LogP contribution in [0.2, 0.25) is 5.04 Å². The van der Waals surface area contributed by atoms with Crippen molar-refractivity contribution in [3.63, 3.8) is 0 Å². The Kier molecular flexibility index (Phi) is 6.53. The van der Waals surface area contributed by atoms with Gasteiger partial charge < -0.3 is 9.16 Å². The predicted molar refractivity (Wildman–Crippen MR) is 132 cm³/mol. The van der Waals surface area contributed by atoms with Crippen molar-refractivity contribution in [2.24, 2.45) is 11.8 Å². The van der Waals surface area contributed by atoms with Crippen LogP contribution in [0.15, 0.2) is 85.5 Å². The summed E-state index contributed by atoms with van der Waals surface area (Å²) < 4.78 is 13.4. The monoisotopic (exact) mass is 443 g/mol. The fourth-order valence-corrected chi connectivity index (χ4v) is 10.2. The van der Waals surface area contributed by atoms with Crippen molar-refractivity contribution in [3.05, 3.63) is 85.5 Å². The zero-order valence-corrected chi connectivity index (χ0v) is 20.3. The van der Waals surface area contributed by atoms with E-state index < -0.39 is 8.32 Å². The molecule has 5 atom stereocenters. The smallest absolute Gasteiger partial charge is 0.261 e. The molecule has 0 saturated carbocycles. The fraction of sp³-hybridized carbons (Fsp3) is 0.393. The number of benzene rings is 2. The molecule has 3 nitrogen and oxygen atoms in total. The summed E-state index contributed by atoms with van der Waals surface area (Å²) in [5, 5.41) is 12.1. The van der Waals surface area contributed by atoms with Gasteiger partial charge in [-0.3, -0.25) is 0 Å². The van der Waals surface area contributed by atoms with Crippen LogP contribution in [0, 0.1) is 23.2 Å². The first-order valence-electron chi connectivity index (χ1n) is 11.5. The number of rotatable bonds is 6. The molecule has 1 heterocycles. The lowest BCUT2D eigenvalue weighted by Crippen LogP contribution is -2.67. The minimum absolute atomic E-state index is 0.0177. The first kappa shape index (κ1) is 22.7. The molecule has 0 radical (unpaired) electrons. The minimum Gasteiger partial charge on any atom is -0.401 e. The molecule has 1 aliphatic heterocycles. The highest BCUT2D eigenvalue weighted by atomic mass is 28.4. The van der Waals surface area contributed by atoms with E-state index in [4.69, 9.17) is 9.16 Å². The molecule has 0 aromatic heterocycles. The number of nitrogens with zero attached hydrogens (tertiary/aromatic N) is 1. The molecule has 1 fully saturated rings. The number of hydrogen-bond acceptors (Lipinski definition) is 3. The topological polar surface area (TPSA) is 42.2 Å². The van der Waals surface area contributed by atoms with Crippen LogP contribution in [-0.2, 0) is 9.16 Å². The lowest BCUT2D eigenvalue weighted by molar-refractivity contribution is 0.0550. The highest BCUT2D eigenvalue weighted by Crippen LogP contribution is 2.44. The molecule has 32 heavy (non-hydrogen) atoms. The van der Waals surface area contributed by atoms with Gasteiger partial charge in [0.1, 0.15) is 0 Å². The zero-order valence-electron chi connectivity index (χ0n) is 19.3. The summed E-state index contributed by atoms with van der Waals surface area (Å²) in [6.07, 6.45) is 7.51. The van der Waals surface area contributed by atoms with E-state index in [0.29, 0.717) is 0 Å². The molecule has 0 amide bonds. The summed E-state index contributed by atoms with van der Waals surface area (Å²) in [6, 6.07) is 23.9. The molecule has 2 aliphatic rings. The third kappa shape index (κ3) is 4.01. The molecule has 4 heteroatoms. The normalized spacial score (nSPS) is 27.5.